The summed E-state index contributed by atoms with van der Waals surface area (Å²) in [5, 5.41) is 7.57. The van der Waals surface area contributed by atoms with Crippen molar-refractivity contribution in [2.24, 2.45) is 0 Å². The molecule has 1 aliphatic carbocycles. The van der Waals surface area contributed by atoms with Gasteiger partial charge in [-0.3, -0.25) is 0 Å². The molecule has 5 rings (SSSR count). The number of rotatable bonds is 3. The second-order valence-electron chi connectivity index (χ2n) is 6.47. The molecule has 0 radical (unpaired) electrons. The zero-order valence-corrected chi connectivity index (χ0v) is 14.2. The number of aromatic nitrogens is 4. The van der Waals surface area contributed by atoms with Gasteiger partial charge < -0.3 is 9.73 Å². The van der Waals surface area contributed by atoms with Crippen LogP contribution >= 0.6 is 0 Å². The molecule has 0 spiro atoms. The third-order valence-corrected chi connectivity index (χ3v) is 4.69. The molecule has 6 nitrogen and oxygen atoms in total. The normalized spacial score (nSPS) is 13.7. The maximum Gasteiger partial charge on any atom is 0.255 e. The van der Waals surface area contributed by atoms with Crippen LogP contribution in [0.5, 0.6) is 0 Å². The first-order chi connectivity index (χ1) is 13.2. The molecule has 4 aromatic rings. The summed E-state index contributed by atoms with van der Waals surface area (Å²) in [5.41, 5.74) is 2.08. The monoisotopic (exact) mass is 367 g/mol. The highest BCUT2D eigenvalue weighted by Gasteiger charge is 2.22. The van der Waals surface area contributed by atoms with E-state index in [2.05, 4.69) is 20.4 Å². The van der Waals surface area contributed by atoms with E-state index in [9.17, 15) is 8.78 Å². The van der Waals surface area contributed by atoms with Crippen LogP contribution in [0.4, 0.5) is 20.3 Å². The summed E-state index contributed by atoms with van der Waals surface area (Å²) in [7, 11) is 0. The average Bonchev–Trinajstić information content (AvgIpc) is 3.32. The van der Waals surface area contributed by atoms with Crippen molar-refractivity contribution < 1.29 is 13.2 Å². The molecule has 0 bridgehead atoms. The van der Waals surface area contributed by atoms with Crippen LogP contribution in [0.25, 0.3) is 17.4 Å². The summed E-state index contributed by atoms with van der Waals surface area (Å²) in [4.78, 5) is 9.09. The Kier molecular flexibility index (Phi) is 3.63. The number of nitrogens with zero attached hydrogens (tertiary/aromatic N) is 4. The van der Waals surface area contributed by atoms with Crippen molar-refractivity contribution in [3.8, 4) is 11.6 Å². The van der Waals surface area contributed by atoms with E-state index in [-0.39, 0.29) is 5.69 Å². The Balaban J connectivity index is 1.70. The van der Waals surface area contributed by atoms with Crippen molar-refractivity contribution in [2.75, 3.05) is 5.32 Å². The second-order valence-corrected chi connectivity index (χ2v) is 6.47. The lowest BCUT2D eigenvalue weighted by Gasteiger charge is -2.20. The van der Waals surface area contributed by atoms with Gasteiger partial charge in [0.25, 0.3) is 5.78 Å². The fourth-order valence-corrected chi connectivity index (χ4v) is 3.40. The van der Waals surface area contributed by atoms with Crippen LogP contribution in [0, 0.1) is 11.6 Å². The SMILES string of the molecule is Fc1ccc(Nc2c3c(nc4nc(-c5ccco5)nn24)CCCC3)c(F)c1. The van der Waals surface area contributed by atoms with Gasteiger partial charge in [-0.1, -0.05) is 0 Å². The van der Waals surface area contributed by atoms with Gasteiger partial charge in [0.1, 0.15) is 17.5 Å². The average molecular weight is 367 g/mol. The van der Waals surface area contributed by atoms with Crippen molar-refractivity contribution in [3.05, 3.63) is 59.5 Å². The van der Waals surface area contributed by atoms with Gasteiger partial charge in [0.2, 0.25) is 5.82 Å². The summed E-state index contributed by atoms with van der Waals surface area (Å²) in [6.07, 6.45) is 5.24. The lowest BCUT2D eigenvalue weighted by molar-refractivity contribution is 0.577. The molecular formula is C19H15F2N5O. The quantitative estimate of drug-likeness (QED) is 0.585. The molecule has 0 saturated heterocycles. The molecule has 27 heavy (non-hydrogen) atoms. The van der Waals surface area contributed by atoms with Gasteiger partial charge in [0, 0.05) is 11.6 Å². The molecule has 0 unspecified atom stereocenters. The largest absolute Gasteiger partial charge is 0.461 e. The smallest absolute Gasteiger partial charge is 0.255 e. The third kappa shape index (κ3) is 2.73. The summed E-state index contributed by atoms with van der Waals surface area (Å²) >= 11 is 0. The van der Waals surface area contributed by atoms with E-state index >= 15 is 0 Å². The molecule has 8 heteroatoms. The number of furan rings is 1. The van der Waals surface area contributed by atoms with Crippen molar-refractivity contribution in [1.29, 1.82) is 0 Å². The number of aryl methyl sites for hydroxylation is 1. The van der Waals surface area contributed by atoms with Crippen LogP contribution in [0.15, 0.2) is 41.0 Å². The molecular weight excluding hydrogens is 352 g/mol. The van der Waals surface area contributed by atoms with Crippen LogP contribution < -0.4 is 5.32 Å². The molecule has 3 heterocycles. The summed E-state index contributed by atoms with van der Waals surface area (Å²) in [6, 6.07) is 6.96. The molecule has 1 aromatic carbocycles. The molecule has 0 atom stereocenters. The van der Waals surface area contributed by atoms with E-state index in [1.54, 1.807) is 22.9 Å². The molecule has 0 amide bonds. The van der Waals surface area contributed by atoms with Crippen LogP contribution in [-0.2, 0) is 12.8 Å². The molecule has 1 aliphatic rings. The van der Waals surface area contributed by atoms with E-state index in [0.29, 0.717) is 23.2 Å². The fraction of sp³-hybridized carbons (Fsp3) is 0.211. The van der Waals surface area contributed by atoms with E-state index in [1.807, 2.05) is 0 Å². The first kappa shape index (κ1) is 15.9. The van der Waals surface area contributed by atoms with Crippen LogP contribution in [0.1, 0.15) is 24.1 Å². The Morgan fingerprint density at radius 3 is 2.78 bits per heavy atom. The van der Waals surface area contributed by atoms with Crippen LogP contribution in [0.2, 0.25) is 0 Å². The molecule has 0 aliphatic heterocycles. The van der Waals surface area contributed by atoms with Crippen molar-refractivity contribution in [1.82, 2.24) is 19.6 Å². The lowest BCUT2D eigenvalue weighted by Crippen LogP contribution is -2.14. The Labute approximate surface area is 152 Å². The Bertz CT molecular complexity index is 1140. The minimum Gasteiger partial charge on any atom is -0.461 e. The number of hydrogen-bond donors (Lipinski definition) is 1. The van der Waals surface area contributed by atoms with E-state index in [0.717, 1.165) is 43.0 Å². The van der Waals surface area contributed by atoms with Crippen LogP contribution in [0.3, 0.4) is 0 Å². The molecule has 1 N–H and O–H groups in total. The number of anilines is 2. The Morgan fingerprint density at radius 1 is 1.07 bits per heavy atom. The first-order valence-corrected chi connectivity index (χ1v) is 8.73. The summed E-state index contributed by atoms with van der Waals surface area (Å²) < 4.78 is 34.4. The highest BCUT2D eigenvalue weighted by Crippen LogP contribution is 2.31. The molecule has 3 aromatic heterocycles. The van der Waals surface area contributed by atoms with Crippen LogP contribution in [-0.4, -0.2) is 19.6 Å². The third-order valence-electron chi connectivity index (χ3n) is 4.69. The fourth-order valence-electron chi connectivity index (χ4n) is 3.40. The first-order valence-electron chi connectivity index (χ1n) is 8.73. The Hall–Kier alpha value is -3.29. The maximum atomic E-state index is 14.2. The number of nitrogens with one attached hydrogen (secondary N) is 1. The zero-order chi connectivity index (χ0) is 18.4. The lowest BCUT2D eigenvalue weighted by atomic mass is 9.96. The molecule has 136 valence electrons. The predicted molar refractivity (Wildman–Crippen MR) is 94.8 cm³/mol. The van der Waals surface area contributed by atoms with Gasteiger partial charge in [-0.05, 0) is 49.9 Å². The van der Waals surface area contributed by atoms with Gasteiger partial charge >= 0.3 is 0 Å². The summed E-state index contributed by atoms with van der Waals surface area (Å²) in [6.45, 7) is 0. The minimum atomic E-state index is -0.670. The van der Waals surface area contributed by atoms with E-state index < -0.39 is 11.6 Å². The summed E-state index contributed by atoms with van der Waals surface area (Å²) in [5.74, 6) is 0.643. The number of benzene rings is 1. The van der Waals surface area contributed by atoms with E-state index in [4.69, 9.17) is 4.42 Å². The second kappa shape index (κ2) is 6.15. The number of fused-ring (bicyclic) bond motifs is 2. The minimum absolute atomic E-state index is 0.173. The highest BCUT2D eigenvalue weighted by atomic mass is 19.1. The van der Waals surface area contributed by atoms with E-state index in [1.165, 1.54) is 12.1 Å². The van der Waals surface area contributed by atoms with Crippen molar-refractivity contribution in [3.63, 3.8) is 0 Å². The molecule has 0 fully saturated rings. The standard InChI is InChI=1S/C19H15F2N5O/c20-11-7-8-15(13(21)10-11)22-18-12-4-1-2-5-14(12)23-19-24-17(25-26(18)19)16-6-3-9-27-16/h3,6-10,22H,1-2,4-5H2. The number of hydrogen-bond acceptors (Lipinski definition) is 5. The highest BCUT2D eigenvalue weighted by molar-refractivity contribution is 5.65. The molecule has 0 saturated carbocycles. The topological polar surface area (TPSA) is 68.2 Å². The van der Waals surface area contributed by atoms with Gasteiger partial charge in [0.15, 0.2) is 5.76 Å². The maximum absolute atomic E-state index is 14.2. The van der Waals surface area contributed by atoms with Gasteiger partial charge in [-0.2, -0.15) is 9.50 Å². The Morgan fingerprint density at radius 2 is 1.96 bits per heavy atom. The predicted octanol–water partition coefficient (Wildman–Crippen LogP) is 4.28. The van der Waals surface area contributed by atoms with Gasteiger partial charge in [-0.25, -0.2) is 13.8 Å². The van der Waals surface area contributed by atoms with Gasteiger partial charge in [0.05, 0.1) is 17.6 Å². The van der Waals surface area contributed by atoms with Crippen molar-refractivity contribution >= 4 is 17.3 Å². The number of halogens is 2. The zero-order valence-electron chi connectivity index (χ0n) is 14.2. The van der Waals surface area contributed by atoms with Gasteiger partial charge in [-0.15, -0.1) is 5.10 Å². The van der Waals surface area contributed by atoms with Crippen molar-refractivity contribution in [2.45, 2.75) is 25.7 Å².